The maximum Gasteiger partial charge on any atom is 0.00202 e. The smallest absolute Gasteiger partial charge is 0.00202 e. The first-order valence-corrected chi connectivity index (χ1v) is 4.75. The summed E-state index contributed by atoms with van der Waals surface area (Å²) in [7, 11) is 0. The summed E-state index contributed by atoms with van der Waals surface area (Å²) in [6, 6.07) is 0. The van der Waals surface area contributed by atoms with Crippen LogP contribution in [0.4, 0.5) is 0 Å². The Hall–Kier alpha value is -0.300. The van der Waals surface area contributed by atoms with Crippen molar-refractivity contribution >= 4 is 0 Å². The van der Waals surface area contributed by atoms with Crippen LogP contribution < -0.4 is 5.32 Å². The minimum absolute atomic E-state index is 0.634. The van der Waals surface area contributed by atoms with E-state index in [1.807, 2.05) is 0 Å². The summed E-state index contributed by atoms with van der Waals surface area (Å²) in [6.07, 6.45) is 8.82. The zero-order valence-corrected chi connectivity index (χ0v) is 7.27. The molecule has 11 heavy (non-hydrogen) atoms. The SMILES string of the molecule is CCC12CCC=CC1CNC2. The minimum atomic E-state index is 0.634. The van der Waals surface area contributed by atoms with E-state index in [0.717, 1.165) is 5.92 Å². The van der Waals surface area contributed by atoms with E-state index in [-0.39, 0.29) is 0 Å². The average Bonchev–Trinajstić information content (AvgIpc) is 2.48. The number of allylic oxidation sites excluding steroid dienone is 1. The quantitative estimate of drug-likeness (QED) is 0.565. The van der Waals surface area contributed by atoms with E-state index in [9.17, 15) is 0 Å². The second-order valence-electron chi connectivity index (χ2n) is 3.92. The van der Waals surface area contributed by atoms with E-state index in [2.05, 4.69) is 24.4 Å². The zero-order valence-electron chi connectivity index (χ0n) is 7.27. The first-order valence-electron chi connectivity index (χ1n) is 4.75. The molecule has 1 nitrogen and oxygen atoms in total. The molecule has 1 aliphatic heterocycles. The van der Waals surface area contributed by atoms with Crippen molar-refractivity contribution in [2.45, 2.75) is 26.2 Å². The monoisotopic (exact) mass is 151 g/mol. The van der Waals surface area contributed by atoms with E-state index in [1.54, 1.807) is 0 Å². The molecular formula is C10H17N. The van der Waals surface area contributed by atoms with Gasteiger partial charge < -0.3 is 5.32 Å². The van der Waals surface area contributed by atoms with Gasteiger partial charge >= 0.3 is 0 Å². The Morgan fingerprint density at radius 3 is 3.27 bits per heavy atom. The molecule has 62 valence electrons. The molecule has 1 N–H and O–H groups in total. The van der Waals surface area contributed by atoms with Crippen molar-refractivity contribution in [1.82, 2.24) is 5.32 Å². The van der Waals surface area contributed by atoms with Crippen molar-refractivity contribution in [3.8, 4) is 0 Å². The number of fused-ring (bicyclic) bond motifs is 1. The summed E-state index contributed by atoms with van der Waals surface area (Å²) in [5, 5.41) is 3.50. The summed E-state index contributed by atoms with van der Waals surface area (Å²) < 4.78 is 0. The Morgan fingerprint density at radius 2 is 2.55 bits per heavy atom. The van der Waals surface area contributed by atoms with Crippen LogP contribution in [0.5, 0.6) is 0 Å². The number of hydrogen-bond donors (Lipinski definition) is 1. The minimum Gasteiger partial charge on any atom is -0.316 e. The van der Waals surface area contributed by atoms with Gasteiger partial charge in [-0.2, -0.15) is 0 Å². The highest BCUT2D eigenvalue weighted by Crippen LogP contribution is 2.42. The molecule has 0 amide bonds. The molecule has 2 unspecified atom stereocenters. The fourth-order valence-corrected chi connectivity index (χ4v) is 2.57. The summed E-state index contributed by atoms with van der Waals surface area (Å²) in [5.74, 6) is 0.834. The Labute approximate surface area is 68.9 Å². The Bertz CT molecular complexity index is 174. The lowest BCUT2D eigenvalue weighted by molar-refractivity contribution is 0.223. The molecule has 0 bridgehead atoms. The van der Waals surface area contributed by atoms with E-state index < -0.39 is 0 Å². The highest BCUT2D eigenvalue weighted by Gasteiger charge is 2.40. The van der Waals surface area contributed by atoms with Crippen molar-refractivity contribution in [2.75, 3.05) is 13.1 Å². The lowest BCUT2D eigenvalue weighted by Gasteiger charge is -2.34. The average molecular weight is 151 g/mol. The standard InChI is InChI=1S/C10H17N/c1-2-10-6-4-3-5-9(10)7-11-8-10/h3,5,9,11H,2,4,6-8H2,1H3. The molecule has 2 atom stereocenters. The van der Waals surface area contributed by atoms with Gasteiger partial charge in [0.15, 0.2) is 0 Å². The molecule has 0 radical (unpaired) electrons. The molecule has 1 aliphatic carbocycles. The predicted molar refractivity (Wildman–Crippen MR) is 47.5 cm³/mol. The van der Waals surface area contributed by atoms with E-state index in [1.165, 1.54) is 32.4 Å². The molecule has 1 saturated heterocycles. The van der Waals surface area contributed by atoms with Gasteiger partial charge in [0.2, 0.25) is 0 Å². The lowest BCUT2D eigenvalue weighted by atomic mass is 9.70. The summed E-state index contributed by atoms with van der Waals surface area (Å²) in [5.41, 5.74) is 0.634. The molecule has 0 saturated carbocycles. The van der Waals surface area contributed by atoms with E-state index >= 15 is 0 Å². The van der Waals surface area contributed by atoms with Crippen LogP contribution in [0.2, 0.25) is 0 Å². The van der Waals surface area contributed by atoms with Gasteiger partial charge in [-0.25, -0.2) is 0 Å². The van der Waals surface area contributed by atoms with E-state index in [4.69, 9.17) is 0 Å². The maximum atomic E-state index is 3.50. The largest absolute Gasteiger partial charge is 0.316 e. The third-order valence-electron chi connectivity index (χ3n) is 3.51. The zero-order chi connectivity index (χ0) is 7.73. The van der Waals surface area contributed by atoms with Gasteiger partial charge in [-0.05, 0) is 30.6 Å². The summed E-state index contributed by atoms with van der Waals surface area (Å²) in [6.45, 7) is 4.79. The first kappa shape index (κ1) is 7.35. The van der Waals surface area contributed by atoms with Crippen LogP contribution in [0.3, 0.4) is 0 Å². The lowest BCUT2D eigenvalue weighted by Crippen LogP contribution is -2.30. The van der Waals surface area contributed by atoms with Gasteiger partial charge in [0.25, 0.3) is 0 Å². The van der Waals surface area contributed by atoms with Crippen LogP contribution in [0.15, 0.2) is 12.2 Å². The third-order valence-corrected chi connectivity index (χ3v) is 3.51. The number of rotatable bonds is 1. The van der Waals surface area contributed by atoms with Crippen molar-refractivity contribution in [3.05, 3.63) is 12.2 Å². The van der Waals surface area contributed by atoms with Crippen LogP contribution >= 0.6 is 0 Å². The molecule has 1 heterocycles. The van der Waals surface area contributed by atoms with Gasteiger partial charge in [-0.3, -0.25) is 0 Å². The van der Waals surface area contributed by atoms with E-state index in [0.29, 0.717) is 5.41 Å². The Kier molecular flexibility index (Phi) is 1.76. The highest BCUT2D eigenvalue weighted by molar-refractivity contribution is 5.08. The molecular weight excluding hydrogens is 134 g/mol. The normalized spacial score (nSPS) is 42.5. The third kappa shape index (κ3) is 1.02. The van der Waals surface area contributed by atoms with Crippen LogP contribution in [-0.2, 0) is 0 Å². The molecule has 1 fully saturated rings. The molecule has 0 aromatic rings. The Balaban J connectivity index is 2.21. The second kappa shape index (κ2) is 2.63. The molecule has 2 aliphatic rings. The van der Waals surface area contributed by atoms with Crippen LogP contribution in [0.25, 0.3) is 0 Å². The van der Waals surface area contributed by atoms with Gasteiger partial charge in [0, 0.05) is 13.1 Å². The molecule has 0 aromatic heterocycles. The molecule has 1 heteroatoms. The van der Waals surface area contributed by atoms with Crippen molar-refractivity contribution < 1.29 is 0 Å². The van der Waals surface area contributed by atoms with Gasteiger partial charge in [-0.1, -0.05) is 19.1 Å². The number of nitrogens with one attached hydrogen (secondary N) is 1. The fourth-order valence-electron chi connectivity index (χ4n) is 2.57. The van der Waals surface area contributed by atoms with Crippen LogP contribution in [0, 0.1) is 11.3 Å². The first-order chi connectivity index (χ1) is 5.37. The van der Waals surface area contributed by atoms with Gasteiger partial charge in [-0.15, -0.1) is 0 Å². The van der Waals surface area contributed by atoms with Gasteiger partial charge in [0.1, 0.15) is 0 Å². The summed E-state index contributed by atoms with van der Waals surface area (Å²) >= 11 is 0. The maximum absolute atomic E-state index is 3.50. The topological polar surface area (TPSA) is 12.0 Å². The number of hydrogen-bond acceptors (Lipinski definition) is 1. The highest BCUT2D eigenvalue weighted by atomic mass is 14.9. The summed E-state index contributed by atoms with van der Waals surface area (Å²) in [4.78, 5) is 0. The molecule has 0 aromatic carbocycles. The molecule has 2 rings (SSSR count). The van der Waals surface area contributed by atoms with Crippen molar-refractivity contribution in [3.63, 3.8) is 0 Å². The van der Waals surface area contributed by atoms with Crippen LogP contribution in [0.1, 0.15) is 26.2 Å². The second-order valence-corrected chi connectivity index (χ2v) is 3.92. The van der Waals surface area contributed by atoms with Crippen molar-refractivity contribution in [2.24, 2.45) is 11.3 Å². The fraction of sp³-hybridized carbons (Fsp3) is 0.800. The van der Waals surface area contributed by atoms with Gasteiger partial charge in [0.05, 0.1) is 0 Å². The predicted octanol–water partition coefficient (Wildman–Crippen LogP) is 1.95. The Morgan fingerprint density at radius 1 is 1.64 bits per heavy atom. The molecule has 0 spiro atoms. The van der Waals surface area contributed by atoms with Crippen molar-refractivity contribution in [1.29, 1.82) is 0 Å². The van der Waals surface area contributed by atoms with Crippen LogP contribution in [-0.4, -0.2) is 13.1 Å².